The summed E-state index contributed by atoms with van der Waals surface area (Å²) in [6.45, 7) is 2.22. The summed E-state index contributed by atoms with van der Waals surface area (Å²) in [6.07, 6.45) is 3.03. The van der Waals surface area contributed by atoms with Gasteiger partial charge in [-0.1, -0.05) is 60.1 Å². The quantitative estimate of drug-likeness (QED) is 0.365. The number of fused-ring (bicyclic) bond motifs is 1. The molecule has 3 aromatic heterocycles. The molecule has 9 heteroatoms. The molecule has 0 spiro atoms. The minimum absolute atomic E-state index is 0.165. The highest BCUT2D eigenvalue weighted by Crippen LogP contribution is 2.35. The number of aromatic nitrogens is 4. The summed E-state index contributed by atoms with van der Waals surface area (Å²) in [6, 6.07) is 18.9. The second-order valence-electron chi connectivity index (χ2n) is 7.77. The average Bonchev–Trinajstić information content (AvgIpc) is 3.41. The predicted octanol–water partition coefficient (Wildman–Crippen LogP) is 4.97. The van der Waals surface area contributed by atoms with Crippen molar-refractivity contribution >= 4 is 44.9 Å². The van der Waals surface area contributed by atoms with Gasteiger partial charge in [-0.25, -0.2) is 9.67 Å². The maximum atomic E-state index is 13.3. The number of benzene rings is 2. The Kier molecular flexibility index (Phi) is 6.00. The lowest BCUT2D eigenvalue weighted by molar-refractivity contribution is -0.116. The molecule has 0 saturated carbocycles. The maximum absolute atomic E-state index is 13.3. The third-order valence-corrected chi connectivity index (χ3v) is 6.88. The van der Waals surface area contributed by atoms with Crippen molar-refractivity contribution in [3.05, 3.63) is 99.0 Å². The number of nitrogens with zero attached hydrogens (tertiary/aromatic N) is 4. The van der Waals surface area contributed by atoms with Crippen LogP contribution in [-0.4, -0.2) is 25.2 Å². The molecular formula is C25H20ClN5O2S. The first-order valence-corrected chi connectivity index (χ1v) is 11.8. The normalized spacial score (nSPS) is 11.1. The Labute approximate surface area is 204 Å². The third kappa shape index (κ3) is 4.25. The van der Waals surface area contributed by atoms with Gasteiger partial charge < -0.3 is 5.32 Å². The van der Waals surface area contributed by atoms with Crippen molar-refractivity contribution in [2.75, 3.05) is 5.32 Å². The fourth-order valence-electron chi connectivity index (χ4n) is 3.89. The summed E-state index contributed by atoms with van der Waals surface area (Å²) in [4.78, 5) is 32.3. The first-order chi connectivity index (χ1) is 16.5. The van der Waals surface area contributed by atoms with E-state index in [4.69, 9.17) is 11.6 Å². The smallest absolute Gasteiger partial charge is 0.263 e. The summed E-state index contributed by atoms with van der Waals surface area (Å²) in [5.41, 5.74) is 2.46. The SMILES string of the molecule is Cc1sc2ncn(CC(=O)Nc3ccnn3Cc3ccccc3Cl)c(=O)c2c1-c1ccccc1. The van der Waals surface area contributed by atoms with Crippen LogP contribution in [0.5, 0.6) is 0 Å². The van der Waals surface area contributed by atoms with Gasteiger partial charge in [-0.3, -0.25) is 14.2 Å². The van der Waals surface area contributed by atoms with Gasteiger partial charge in [0.1, 0.15) is 17.2 Å². The lowest BCUT2D eigenvalue weighted by Gasteiger charge is -2.11. The molecule has 0 radical (unpaired) electrons. The molecule has 0 bridgehead atoms. The predicted molar refractivity (Wildman–Crippen MR) is 135 cm³/mol. The highest BCUT2D eigenvalue weighted by Gasteiger charge is 2.18. The maximum Gasteiger partial charge on any atom is 0.263 e. The number of anilines is 1. The van der Waals surface area contributed by atoms with Gasteiger partial charge in [-0.05, 0) is 24.1 Å². The minimum Gasteiger partial charge on any atom is -0.309 e. The lowest BCUT2D eigenvalue weighted by atomic mass is 10.0. The van der Waals surface area contributed by atoms with Crippen LogP contribution < -0.4 is 10.9 Å². The van der Waals surface area contributed by atoms with E-state index in [-0.39, 0.29) is 18.0 Å². The monoisotopic (exact) mass is 489 g/mol. The van der Waals surface area contributed by atoms with E-state index in [2.05, 4.69) is 15.4 Å². The number of aryl methyl sites for hydroxylation is 1. The van der Waals surface area contributed by atoms with E-state index >= 15 is 0 Å². The molecular weight excluding hydrogens is 470 g/mol. The van der Waals surface area contributed by atoms with E-state index in [1.54, 1.807) is 16.9 Å². The lowest BCUT2D eigenvalue weighted by Crippen LogP contribution is -2.28. The molecule has 3 heterocycles. The Morgan fingerprint density at radius 2 is 1.85 bits per heavy atom. The van der Waals surface area contributed by atoms with Crippen LogP contribution in [0.1, 0.15) is 10.4 Å². The summed E-state index contributed by atoms with van der Waals surface area (Å²) < 4.78 is 2.99. The molecule has 1 amide bonds. The van der Waals surface area contributed by atoms with Crippen molar-refractivity contribution in [3.8, 4) is 11.1 Å². The first kappa shape index (κ1) is 22.1. The molecule has 170 valence electrons. The molecule has 34 heavy (non-hydrogen) atoms. The zero-order chi connectivity index (χ0) is 23.7. The van der Waals surface area contributed by atoms with E-state index in [9.17, 15) is 9.59 Å². The van der Waals surface area contributed by atoms with Gasteiger partial charge >= 0.3 is 0 Å². The van der Waals surface area contributed by atoms with Crippen molar-refractivity contribution < 1.29 is 4.79 Å². The third-order valence-electron chi connectivity index (χ3n) is 5.49. The topological polar surface area (TPSA) is 81.8 Å². The fourth-order valence-corrected chi connectivity index (χ4v) is 5.09. The molecule has 0 saturated heterocycles. The highest BCUT2D eigenvalue weighted by atomic mass is 35.5. The first-order valence-electron chi connectivity index (χ1n) is 10.6. The van der Waals surface area contributed by atoms with Gasteiger partial charge in [-0.15, -0.1) is 11.3 Å². The van der Waals surface area contributed by atoms with Gasteiger partial charge in [0, 0.05) is 21.5 Å². The van der Waals surface area contributed by atoms with Crippen LogP contribution in [0.4, 0.5) is 5.82 Å². The Morgan fingerprint density at radius 1 is 1.09 bits per heavy atom. The second kappa shape index (κ2) is 9.24. The minimum atomic E-state index is -0.350. The summed E-state index contributed by atoms with van der Waals surface area (Å²) >= 11 is 7.73. The molecule has 0 aliphatic carbocycles. The van der Waals surface area contributed by atoms with Gasteiger partial charge in [-0.2, -0.15) is 5.10 Å². The van der Waals surface area contributed by atoms with Crippen molar-refractivity contribution in [2.45, 2.75) is 20.0 Å². The molecule has 0 aliphatic heterocycles. The van der Waals surface area contributed by atoms with E-state index in [1.807, 2.05) is 61.5 Å². The number of nitrogens with one attached hydrogen (secondary N) is 1. The number of hydrogen-bond donors (Lipinski definition) is 1. The molecule has 5 aromatic rings. The molecule has 2 aromatic carbocycles. The van der Waals surface area contributed by atoms with Crippen molar-refractivity contribution in [3.63, 3.8) is 0 Å². The molecule has 0 unspecified atom stereocenters. The van der Waals surface area contributed by atoms with Crippen LogP contribution in [0, 0.1) is 6.92 Å². The van der Waals surface area contributed by atoms with Crippen molar-refractivity contribution in [1.82, 2.24) is 19.3 Å². The van der Waals surface area contributed by atoms with Gasteiger partial charge in [0.05, 0.1) is 24.5 Å². The van der Waals surface area contributed by atoms with Crippen LogP contribution in [-0.2, 0) is 17.9 Å². The number of carbonyl (C=O) groups excluding carboxylic acids is 1. The van der Waals surface area contributed by atoms with Crippen LogP contribution in [0.25, 0.3) is 21.3 Å². The zero-order valence-electron chi connectivity index (χ0n) is 18.2. The van der Waals surface area contributed by atoms with Crippen molar-refractivity contribution in [1.29, 1.82) is 0 Å². The molecule has 0 atom stereocenters. The number of rotatable bonds is 6. The number of carbonyl (C=O) groups is 1. The number of halogens is 1. The van der Waals surface area contributed by atoms with Crippen LogP contribution in [0.15, 0.2) is 78.0 Å². The van der Waals surface area contributed by atoms with E-state index in [0.29, 0.717) is 27.6 Å². The molecule has 7 nitrogen and oxygen atoms in total. The van der Waals surface area contributed by atoms with Gasteiger partial charge in [0.15, 0.2) is 0 Å². The molecule has 0 fully saturated rings. The summed E-state index contributed by atoms with van der Waals surface area (Å²) in [5.74, 6) is 0.167. The number of thiophene rings is 1. The molecule has 5 rings (SSSR count). The standard InChI is InChI=1S/C25H20ClN5O2S/c1-16-22(17-7-3-2-4-8-17)23-24(34-16)27-15-30(25(23)33)14-21(32)29-20-11-12-28-31(20)13-18-9-5-6-10-19(18)26/h2-12,15H,13-14H2,1H3,(H,29,32). The van der Waals surface area contributed by atoms with Crippen molar-refractivity contribution in [2.24, 2.45) is 0 Å². The van der Waals surface area contributed by atoms with E-state index in [1.165, 1.54) is 22.2 Å². The number of hydrogen-bond acceptors (Lipinski definition) is 5. The zero-order valence-corrected chi connectivity index (χ0v) is 19.8. The van der Waals surface area contributed by atoms with Crippen LogP contribution >= 0.6 is 22.9 Å². The van der Waals surface area contributed by atoms with Gasteiger partial charge in [0.25, 0.3) is 5.56 Å². The van der Waals surface area contributed by atoms with Crippen LogP contribution in [0.2, 0.25) is 5.02 Å². The summed E-state index contributed by atoms with van der Waals surface area (Å²) in [5, 5.41) is 8.28. The Balaban J connectivity index is 1.40. The Morgan fingerprint density at radius 3 is 2.65 bits per heavy atom. The molecule has 0 aliphatic rings. The van der Waals surface area contributed by atoms with Crippen LogP contribution in [0.3, 0.4) is 0 Å². The average molecular weight is 490 g/mol. The second-order valence-corrected chi connectivity index (χ2v) is 9.38. The molecule has 1 N–H and O–H groups in total. The number of amides is 1. The Hall–Kier alpha value is -3.75. The summed E-state index contributed by atoms with van der Waals surface area (Å²) in [7, 11) is 0. The van der Waals surface area contributed by atoms with E-state index in [0.717, 1.165) is 21.6 Å². The van der Waals surface area contributed by atoms with Gasteiger partial charge in [0.2, 0.25) is 5.91 Å². The largest absolute Gasteiger partial charge is 0.309 e. The Bertz CT molecular complexity index is 1550. The fraction of sp³-hybridized carbons (Fsp3) is 0.120. The highest BCUT2D eigenvalue weighted by molar-refractivity contribution is 7.19. The van der Waals surface area contributed by atoms with E-state index < -0.39 is 0 Å².